The topological polar surface area (TPSA) is 111 Å². The number of H-pyrrole nitrogens is 1. The van der Waals surface area contributed by atoms with E-state index in [-0.39, 0.29) is 29.4 Å². The Hall–Kier alpha value is -3.88. The Morgan fingerprint density at radius 2 is 1.95 bits per heavy atom. The standard InChI is InChI=1S/C29H35N7O2/c1-4-5-10-22-18-36(27-19(2)9-8-13-23(27)20(3)37)29(38)35(22)17-21-16-30-15-14-24(21)25-11-6-7-12-26(25)28-31-33-34-32-28/h6-7,11-12,14-16,18-19,23,27H,4-5,8-10,13,17H2,1-3H3,(H,31,32,33,34). The van der Waals surface area contributed by atoms with Gasteiger partial charge < -0.3 is 0 Å². The van der Waals surface area contributed by atoms with Crippen LogP contribution >= 0.6 is 0 Å². The SMILES string of the molecule is CCCCc1cn(C2C(C)CCCC2C(C)=O)c(=O)n1Cc1cnccc1-c1ccccc1-c1nnn[nH]1. The van der Waals surface area contributed by atoms with Gasteiger partial charge >= 0.3 is 5.69 Å². The zero-order valence-electron chi connectivity index (χ0n) is 22.3. The van der Waals surface area contributed by atoms with Crippen LogP contribution in [-0.2, 0) is 17.8 Å². The third-order valence-corrected chi connectivity index (χ3v) is 7.94. The van der Waals surface area contributed by atoms with E-state index < -0.39 is 0 Å². The number of carbonyl (C=O) groups is 1. The Balaban J connectivity index is 1.59. The minimum absolute atomic E-state index is 0.0522. The number of rotatable bonds is 9. The van der Waals surface area contributed by atoms with Crippen LogP contribution in [0.15, 0.2) is 53.7 Å². The zero-order valence-corrected chi connectivity index (χ0v) is 22.3. The average Bonchev–Trinajstić information content (AvgIpc) is 3.57. The lowest BCUT2D eigenvalue weighted by atomic mass is 9.76. The van der Waals surface area contributed by atoms with E-state index in [0.717, 1.165) is 66.5 Å². The summed E-state index contributed by atoms with van der Waals surface area (Å²) in [5.41, 5.74) is 4.69. The molecule has 3 unspecified atom stereocenters. The van der Waals surface area contributed by atoms with Crippen molar-refractivity contribution in [3.63, 3.8) is 0 Å². The van der Waals surface area contributed by atoms with Crippen LogP contribution in [0, 0.1) is 11.8 Å². The summed E-state index contributed by atoms with van der Waals surface area (Å²) in [4.78, 5) is 31.0. The minimum Gasteiger partial charge on any atom is -0.300 e. The van der Waals surface area contributed by atoms with Gasteiger partial charge in [-0.3, -0.25) is 18.9 Å². The number of unbranched alkanes of at least 4 members (excludes halogenated alkanes) is 1. The molecule has 0 bridgehead atoms. The summed E-state index contributed by atoms with van der Waals surface area (Å²) in [7, 11) is 0. The number of tetrazole rings is 1. The number of benzene rings is 1. The average molecular weight is 514 g/mol. The third kappa shape index (κ3) is 4.97. The van der Waals surface area contributed by atoms with Crippen molar-refractivity contribution >= 4 is 5.78 Å². The number of aryl methyl sites for hydroxylation is 1. The van der Waals surface area contributed by atoms with Crippen LogP contribution in [-0.4, -0.2) is 40.5 Å². The maximum atomic E-state index is 14.0. The second-order valence-electron chi connectivity index (χ2n) is 10.4. The molecule has 0 spiro atoms. The molecule has 0 radical (unpaired) electrons. The normalized spacial score (nSPS) is 19.5. The first-order chi connectivity index (χ1) is 18.5. The molecule has 3 atom stereocenters. The quantitative estimate of drug-likeness (QED) is 0.342. The largest absolute Gasteiger partial charge is 0.328 e. The van der Waals surface area contributed by atoms with Crippen LogP contribution < -0.4 is 5.69 Å². The molecule has 0 amide bonds. The lowest BCUT2D eigenvalue weighted by Gasteiger charge is -2.35. The molecule has 38 heavy (non-hydrogen) atoms. The Morgan fingerprint density at radius 3 is 2.68 bits per heavy atom. The summed E-state index contributed by atoms with van der Waals surface area (Å²) in [5.74, 6) is 0.894. The van der Waals surface area contributed by atoms with E-state index in [1.807, 2.05) is 51.9 Å². The van der Waals surface area contributed by atoms with E-state index >= 15 is 0 Å². The highest BCUT2D eigenvalue weighted by Crippen LogP contribution is 2.39. The van der Waals surface area contributed by atoms with Crippen LogP contribution in [0.2, 0.25) is 0 Å². The number of nitrogens with zero attached hydrogens (tertiary/aromatic N) is 6. The molecular formula is C29H35N7O2. The summed E-state index contributed by atoms with van der Waals surface area (Å²) in [6.07, 6.45) is 11.3. The van der Waals surface area contributed by atoms with Gasteiger partial charge in [0, 0.05) is 35.8 Å². The van der Waals surface area contributed by atoms with Gasteiger partial charge in [-0.15, -0.1) is 5.10 Å². The van der Waals surface area contributed by atoms with Gasteiger partial charge in [-0.05, 0) is 71.7 Å². The van der Waals surface area contributed by atoms with Crippen molar-refractivity contribution in [2.24, 2.45) is 11.8 Å². The summed E-state index contributed by atoms with van der Waals surface area (Å²) >= 11 is 0. The Kier molecular flexibility index (Phi) is 7.62. The van der Waals surface area contributed by atoms with E-state index in [4.69, 9.17) is 0 Å². The predicted octanol–water partition coefficient (Wildman–Crippen LogP) is 4.85. The Morgan fingerprint density at radius 1 is 1.13 bits per heavy atom. The number of pyridine rings is 1. The minimum atomic E-state index is -0.123. The first kappa shape index (κ1) is 25.8. The molecule has 1 fully saturated rings. The number of ketones is 1. The number of imidazole rings is 1. The second kappa shape index (κ2) is 11.2. The first-order valence-corrected chi connectivity index (χ1v) is 13.6. The van der Waals surface area contributed by atoms with Crippen LogP contribution in [0.3, 0.4) is 0 Å². The van der Waals surface area contributed by atoms with Crippen molar-refractivity contribution in [2.45, 2.75) is 71.9 Å². The number of nitrogens with one attached hydrogen (secondary N) is 1. The molecule has 1 aliphatic carbocycles. The third-order valence-electron chi connectivity index (χ3n) is 7.94. The predicted molar refractivity (Wildman–Crippen MR) is 145 cm³/mol. The second-order valence-corrected chi connectivity index (χ2v) is 10.4. The van der Waals surface area contributed by atoms with Crippen molar-refractivity contribution in [2.75, 3.05) is 0 Å². The molecule has 3 aromatic heterocycles. The van der Waals surface area contributed by atoms with Gasteiger partial charge in [-0.1, -0.05) is 51.0 Å². The fourth-order valence-corrected chi connectivity index (χ4v) is 5.98. The monoisotopic (exact) mass is 513 g/mol. The number of hydrogen-bond acceptors (Lipinski definition) is 6. The van der Waals surface area contributed by atoms with Crippen LogP contribution in [0.25, 0.3) is 22.5 Å². The molecule has 1 aromatic carbocycles. The maximum Gasteiger partial charge on any atom is 0.328 e. The number of Topliss-reactive ketones (excluding diaryl/α,β-unsaturated/α-hetero) is 1. The molecule has 1 saturated carbocycles. The molecule has 9 heteroatoms. The van der Waals surface area contributed by atoms with E-state index in [2.05, 4.69) is 39.5 Å². The van der Waals surface area contributed by atoms with Gasteiger partial charge in [0.25, 0.3) is 0 Å². The van der Waals surface area contributed by atoms with Crippen molar-refractivity contribution in [1.29, 1.82) is 0 Å². The summed E-state index contributed by atoms with van der Waals surface area (Å²) in [6.45, 7) is 6.38. The highest BCUT2D eigenvalue weighted by Gasteiger charge is 2.36. The number of hydrogen-bond donors (Lipinski definition) is 1. The molecule has 4 aromatic rings. The molecule has 0 aliphatic heterocycles. The highest BCUT2D eigenvalue weighted by atomic mass is 16.2. The Bertz CT molecular complexity index is 1450. The molecular weight excluding hydrogens is 478 g/mol. The molecule has 1 N–H and O–H groups in total. The first-order valence-electron chi connectivity index (χ1n) is 13.6. The molecule has 3 heterocycles. The van der Waals surface area contributed by atoms with Crippen molar-refractivity contribution in [3.8, 4) is 22.5 Å². The van der Waals surface area contributed by atoms with Gasteiger partial charge in [0.05, 0.1) is 12.6 Å². The Labute approximate surface area is 222 Å². The fraction of sp³-hybridized carbons (Fsp3) is 0.448. The smallest absolute Gasteiger partial charge is 0.300 e. The lowest BCUT2D eigenvalue weighted by Crippen LogP contribution is -2.39. The highest BCUT2D eigenvalue weighted by molar-refractivity contribution is 5.81. The summed E-state index contributed by atoms with van der Waals surface area (Å²) in [6, 6.07) is 9.80. The summed E-state index contributed by atoms with van der Waals surface area (Å²) in [5, 5.41) is 14.5. The van der Waals surface area contributed by atoms with Crippen molar-refractivity contribution in [3.05, 3.63) is 70.7 Å². The van der Waals surface area contributed by atoms with Gasteiger partial charge in [-0.2, -0.15) is 0 Å². The van der Waals surface area contributed by atoms with E-state index in [1.54, 1.807) is 13.1 Å². The molecule has 5 rings (SSSR count). The molecule has 0 saturated heterocycles. The van der Waals surface area contributed by atoms with Crippen molar-refractivity contribution in [1.82, 2.24) is 34.7 Å². The molecule has 9 nitrogen and oxygen atoms in total. The van der Waals surface area contributed by atoms with Gasteiger partial charge in [0.2, 0.25) is 0 Å². The molecule has 198 valence electrons. The number of carbonyl (C=O) groups excluding carboxylic acids is 1. The van der Waals surface area contributed by atoms with Crippen LogP contribution in [0.4, 0.5) is 0 Å². The fourth-order valence-electron chi connectivity index (χ4n) is 5.98. The van der Waals surface area contributed by atoms with E-state index in [9.17, 15) is 9.59 Å². The van der Waals surface area contributed by atoms with E-state index in [1.165, 1.54) is 0 Å². The molecule has 1 aliphatic rings. The number of aromatic nitrogens is 7. The number of aromatic amines is 1. The van der Waals surface area contributed by atoms with Crippen LogP contribution in [0.5, 0.6) is 0 Å². The summed E-state index contributed by atoms with van der Waals surface area (Å²) < 4.78 is 3.75. The van der Waals surface area contributed by atoms with Crippen molar-refractivity contribution < 1.29 is 4.79 Å². The van der Waals surface area contributed by atoms with Gasteiger partial charge in [-0.25, -0.2) is 9.89 Å². The van der Waals surface area contributed by atoms with Crippen LogP contribution in [0.1, 0.15) is 70.2 Å². The van der Waals surface area contributed by atoms with Gasteiger partial charge in [0.1, 0.15) is 5.78 Å². The maximum absolute atomic E-state index is 14.0. The van der Waals surface area contributed by atoms with Gasteiger partial charge in [0.15, 0.2) is 5.82 Å². The van der Waals surface area contributed by atoms with E-state index in [0.29, 0.717) is 12.4 Å². The lowest BCUT2D eigenvalue weighted by molar-refractivity contribution is -0.123. The zero-order chi connectivity index (χ0) is 26.6.